The van der Waals surface area contributed by atoms with E-state index in [1.165, 1.54) is 18.2 Å². The molecule has 0 saturated heterocycles. The van der Waals surface area contributed by atoms with Crippen molar-refractivity contribution in [3.8, 4) is 11.1 Å². The molecular weight excluding hydrogens is 238 g/mol. The third kappa shape index (κ3) is 2.22. The summed E-state index contributed by atoms with van der Waals surface area (Å²) in [6.07, 6.45) is 0. The molecule has 2 aromatic rings. The Balaban J connectivity index is 2.65. The minimum atomic E-state index is -1.18. The lowest BCUT2D eigenvalue weighted by Crippen LogP contribution is -2.00. The lowest BCUT2D eigenvalue weighted by atomic mass is 9.98. The summed E-state index contributed by atoms with van der Waals surface area (Å²) in [7, 11) is 0. The average molecular weight is 248 g/mol. The molecule has 2 aromatic carbocycles. The Bertz CT molecular complexity index is 621. The standard InChI is InChI=1S/C14H10F2O2/c1-8-2-3-9(6-13(8)16)12-7-10(15)4-5-11(12)14(17)18/h2-7H,1H3,(H,17,18). The number of aromatic carboxylic acids is 1. The zero-order valence-electron chi connectivity index (χ0n) is 9.58. The summed E-state index contributed by atoms with van der Waals surface area (Å²) in [6.45, 7) is 1.60. The maximum atomic E-state index is 13.5. The number of carboxylic acid groups (broad SMARTS) is 1. The largest absolute Gasteiger partial charge is 0.478 e. The molecule has 18 heavy (non-hydrogen) atoms. The lowest BCUT2D eigenvalue weighted by molar-refractivity contribution is 0.0697. The molecule has 0 aliphatic heterocycles. The van der Waals surface area contributed by atoms with Gasteiger partial charge in [-0.25, -0.2) is 13.6 Å². The Kier molecular flexibility index (Phi) is 3.10. The van der Waals surface area contributed by atoms with E-state index in [2.05, 4.69) is 0 Å². The first-order valence-corrected chi connectivity index (χ1v) is 5.28. The zero-order valence-corrected chi connectivity index (χ0v) is 9.58. The monoisotopic (exact) mass is 248 g/mol. The smallest absolute Gasteiger partial charge is 0.336 e. The summed E-state index contributed by atoms with van der Waals surface area (Å²) in [5.74, 6) is -2.19. The first-order chi connectivity index (χ1) is 8.49. The maximum Gasteiger partial charge on any atom is 0.336 e. The van der Waals surface area contributed by atoms with Crippen LogP contribution in [0.3, 0.4) is 0 Å². The number of carboxylic acids is 1. The summed E-state index contributed by atoms with van der Waals surface area (Å²) in [4.78, 5) is 11.0. The number of halogens is 2. The van der Waals surface area contributed by atoms with E-state index in [0.717, 1.165) is 12.1 Å². The van der Waals surface area contributed by atoms with Crippen LogP contribution in [-0.2, 0) is 0 Å². The van der Waals surface area contributed by atoms with E-state index in [1.54, 1.807) is 13.0 Å². The van der Waals surface area contributed by atoms with Gasteiger partial charge in [0.1, 0.15) is 11.6 Å². The van der Waals surface area contributed by atoms with E-state index in [-0.39, 0.29) is 11.1 Å². The predicted molar refractivity (Wildman–Crippen MR) is 63.5 cm³/mol. The van der Waals surface area contributed by atoms with Crippen LogP contribution in [-0.4, -0.2) is 11.1 Å². The molecule has 0 spiro atoms. The Labute approximate surface area is 103 Å². The summed E-state index contributed by atoms with van der Waals surface area (Å²) in [5, 5.41) is 9.03. The molecule has 4 heteroatoms. The average Bonchev–Trinajstić information content (AvgIpc) is 2.32. The van der Waals surface area contributed by atoms with Crippen molar-refractivity contribution in [1.82, 2.24) is 0 Å². The Hall–Kier alpha value is -2.23. The Morgan fingerprint density at radius 1 is 1.11 bits per heavy atom. The van der Waals surface area contributed by atoms with Crippen molar-refractivity contribution in [2.45, 2.75) is 6.92 Å². The van der Waals surface area contributed by atoms with Gasteiger partial charge in [0.25, 0.3) is 0 Å². The third-order valence-electron chi connectivity index (χ3n) is 2.69. The zero-order chi connectivity index (χ0) is 13.3. The Morgan fingerprint density at radius 2 is 1.83 bits per heavy atom. The van der Waals surface area contributed by atoms with Crippen molar-refractivity contribution < 1.29 is 18.7 Å². The fraction of sp³-hybridized carbons (Fsp3) is 0.0714. The molecule has 0 atom stereocenters. The molecule has 0 aliphatic rings. The van der Waals surface area contributed by atoms with Gasteiger partial charge in [-0.1, -0.05) is 12.1 Å². The quantitative estimate of drug-likeness (QED) is 0.880. The van der Waals surface area contributed by atoms with Gasteiger partial charge < -0.3 is 5.11 Å². The van der Waals surface area contributed by atoms with Crippen molar-refractivity contribution in [1.29, 1.82) is 0 Å². The summed E-state index contributed by atoms with van der Waals surface area (Å²) < 4.78 is 26.6. The first kappa shape index (κ1) is 12.2. The highest BCUT2D eigenvalue weighted by Gasteiger charge is 2.13. The van der Waals surface area contributed by atoms with Gasteiger partial charge in [-0.15, -0.1) is 0 Å². The van der Waals surface area contributed by atoms with Gasteiger partial charge in [0.15, 0.2) is 0 Å². The fourth-order valence-corrected chi connectivity index (χ4v) is 1.70. The van der Waals surface area contributed by atoms with Gasteiger partial charge in [-0.2, -0.15) is 0 Å². The molecule has 2 rings (SSSR count). The fourth-order valence-electron chi connectivity index (χ4n) is 1.70. The van der Waals surface area contributed by atoms with Gasteiger partial charge in [0, 0.05) is 0 Å². The van der Waals surface area contributed by atoms with Crippen LogP contribution in [0.15, 0.2) is 36.4 Å². The molecule has 0 heterocycles. The highest BCUT2D eigenvalue weighted by atomic mass is 19.1. The van der Waals surface area contributed by atoms with Gasteiger partial charge in [0.2, 0.25) is 0 Å². The first-order valence-electron chi connectivity index (χ1n) is 5.28. The second-order valence-corrected chi connectivity index (χ2v) is 3.96. The van der Waals surface area contributed by atoms with E-state index in [4.69, 9.17) is 5.11 Å². The SMILES string of the molecule is Cc1ccc(-c2cc(F)ccc2C(=O)O)cc1F. The molecule has 1 N–H and O–H groups in total. The van der Waals surface area contributed by atoms with Crippen molar-refractivity contribution >= 4 is 5.97 Å². The second-order valence-electron chi connectivity index (χ2n) is 3.96. The number of benzene rings is 2. The molecule has 0 fully saturated rings. The van der Waals surface area contributed by atoms with Crippen molar-refractivity contribution in [3.05, 3.63) is 59.2 Å². The van der Waals surface area contributed by atoms with E-state index in [0.29, 0.717) is 11.1 Å². The van der Waals surface area contributed by atoms with E-state index in [1.807, 2.05) is 0 Å². The van der Waals surface area contributed by atoms with Crippen LogP contribution < -0.4 is 0 Å². The molecule has 0 saturated carbocycles. The van der Waals surface area contributed by atoms with Crippen molar-refractivity contribution in [3.63, 3.8) is 0 Å². The number of carbonyl (C=O) groups is 1. The molecule has 0 bridgehead atoms. The van der Waals surface area contributed by atoms with Crippen LogP contribution in [0.2, 0.25) is 0 Å². The van der Waals surface area contributed by atoms with Gasteiger partial charge >= 0.3 is 5.97 Å². The molecule has 0 radical (unpaired) electrons. The van der Waals surface area contributed by atoms with Crippen LogP contribution >= 0.6 is 0 Å². The van der Waals surface area contributed by atoms with Crippen LogP contribution in [0, 0.1) is 18.6 Å². The van der Waals surface area contributed by atoms with Gasteiger partial charge in [0.05, 0.1) is 5.56 Å². The second kappa shape index (κ2) is 4.56. The summed E-state index contributed by atoms with van der Waals surface area (Å²) in [6, 6.07) is 7.63. The minimum absolute atomic E-state index is 0.0559. The third-order valence-corrected chi connectivity index (χ3v) is 2.69. The number of rotatable bonds is 2. The van der Waals surface area contributed by atoms with Gasteiger partial charge in [-0.05, 0) is 47.9 Å². The van der Waals surface area contributed by atoms with Crippen LogP contribution in [0.5, 0.6) is 0 Å². The number of aryl methyl sites for hydroxylation is 1. The number of hydrogen-bond donors (Lipinski definition) is 1. The number of hydrogen-bond acceptors (Lipinski definition) is 1. The van der Waals surface area contributed by atoms with Crippen molar-refractivity contribution in [2.24, 2.45) is 0 Å². The molecular formula is C14H10F2O2. The molecule has 92 valence electrons. The van der Waals surface area contributed by atoms with Crippen molar-refractivity contribution in [2.75, 3.05) is 0 Å². The minimum Gasteiger partial charge on any atom is -0.478 e. The van der Waals surface area contributed by atoms with Crippen LogP contribution in [0.25, 0.3) is 11.1 Å². The Morgan fingerprint density at radius 3 is 2.44 bits per heavy atom. The molecule has 0 aliphatic carbocycles. The molecule has 0 aromatic heterocycles. The highest BCUT2D eigenvalue weighted by Crippen LogP contribution is 2.26. The predicted octanol–water partition coefficient (Wildman–Crippen LogP) is 3.64. The van der Waals surface area contributed by atoms with Crippen LogP contribution in [0.1, 0.15) is 15.9 Å². The lowest BCUT2D eigenvalue weighted by Gasteiger charge is -2.07. The van der Waals surface area contributed by atoms with Crippen LogP contribution in [0.4, 0.5) is 8.78 Å². The molecule has 0 amide bonds. The van der Waals surface area contributed by atoms with Gasteiger partial charge in [-0.3, -0.25) is 0 Å². The molecule has 2 nitrogen and oxygen atoms in total. The van der Waals surface area contributed by atoms with E-state index < -0.39 is 17.6 Å². The topological polar surface area (TPSA) is 37.3 Å². The molecule has 0 unspecified atom stereocenters. The normalized spacial score (nSPS) is 10.4. The maximum absolute atomic E-state index is 13.5. The summed E-state index contributed by atoms with van der Waals surface area (Å²) in [5.41, 5.74) is 0.906. The van der Waals surface area contributed by atoms with E-state index in [9.17, 15) is 13.6 Å². The summed E-state index contributed by atoms with van der Waals surface area (Å²) >= 11 is 0. The van der Waals surface area contributed by atoms with E-state index >= 15 is 0 Å². The highest BCUT2D eigenvalue weighted by molar-refractivity contribution is 5.96.